The summed E-state index contributed by atoms with van der Waals surface area (Å²) < 4.78 is 0. The highest BCUT2D eigenvalue weighted by atomic mass is 16.4. The molecule has 0 bridgehead atoms. The van der Waals surface area contributed by atoms with E-state index in [0.29, 0.717) is 24.1 Å². The quantitative estimate of drug-likeness (QED) is 0.769. The van der Waals surface area contributed by atoms with E-state index in [1.807, 2.05) is 24.3 Å². The zero-order valence-electron chi connectivity index (χ0n) is 14.4. The summed E-state index contributed by atoms with van der Waals surface area (Å²) in [5, 5.41) is 15.0. The van der Waals surface area contributed by atoms with Crippen LogP contribution in [-0.2, 0) is 22.4 Å². The van der Waals surface area contributed by atoms with E-state index in [1.54, 1.807) is 31.3 Å². The summed E-state index contributed by atoms with van der Waals surface area (Å²) in [5.41, 5.74) is 1.86. The number of rotatable bonds is 5. The van der Waals surface area contributed by atoms with Crippen molar-refractivity contribution in [1.29, 1.82) is 0 Å². The predicted molar refractivity (Wildman–Crippen MR) is 97.0 cm³/mol. The molecular formula is C20H20N2O4. The Bertz CT molecular complexity index is 833. The number of hydrogen-bond donors (Lipinski definition) is 3. The lowest BCUT2D eigenvalue weighted by Gasteiger charge is -2.23. The van der Waals surface area contributed by atoms with Crippen molar-refractivity contribution in [3.63, 3.8) is 0 Å². The largest absolute Gasteiger partial charge is 0.481 e. The summed E-state index contributed by atoms with van der Waals surface area (Å²) >= 11 is 0. The fraction of sp³-hybridized carbons (Fsp3) is 0.250. The van der Waals surface area contributed by atoms with E-state index in [-0.39, 0.29) is 18.2 Å². The number of nitrogens with one attached hydrogen (secondary N) is 2. The number of benzene rings is 2. The molecule has 0 heterocycles. The molecule has 0 unspecified atom stereocenters. The van der Waals surface area contributed by atoms with Gasteiger partial charge in [0.05, 0.1) is 5.41 Å². The van der Waals surface area contributed by atoms with Crippen LogP contribution in [-0.4, -0.2) is 29.9 Å². The zero-order chi connectivity index (χ0) is 18.7. The standard InChI is InChI=1S/C20H20N2O4/c1-21-18(24)13-6-8-16(9-7-13)22-17(23)12-20(19(25)26)10-14-4-2-3-5-15(14)11-20/h2-9H,10-12H2,1H3,(H,21,24)(H,22,23)(H,25,26). The monoisotopic (exact) mass is 352 g/mol. The lowest BCUT2D eigenvalue weighted by molar-refractivity contribution is -0.150. The van der Waals surface area contributed by atoms with Crippen molar-refractivity contribution < 1.29 is 19.5 Å². The lowest BCUT2D eigenvalue weighted by atomic mass is 9.81. The third kappa shape index (κ3) is 3.44. The summed E-state index contributed by atoms with van der Waals surface area (Å²) in [6.45, 7) is 0. The number of carbonyl (C=O) groups is 3. The van der Waals surface area contributed by atoms with Gasteiger partial charge in [-0.3, -0.25) is 14.4 Å². The molecule has 0 saturated carbocycles. The Labute approximate surface area is 151 Å². The summed E-state index contributed by atoms with van der Waals surface area (Å²) in [4.78, 5) is 35.9. The SMILES string of the molecule is CNC(=O)c1ccc(NC(=O)CC2(C(=O)O)Cc3ccccc3C2)cc1. The van der Waals surface area contributed by atoms with E-state index < -0.39 is 11.4 Å². The molecule has 0 saturated heterocycles. The Morgan fingerprint density at radius 1 is 1.00 bits per heavy atom. The molecule has 0 aromatic heterocycles. The van der Waals surface area contributed by atoms with E-state index in [0.717, 1.165) is 11.1 Å². The number of hydrogen-bond acceptors (Lipinski definition) is 3. The maximum absolute atomic E-state index is 12.5. The zero-order valence-corrected chi connectivity index (χ0v) is 14.4. The first kappa shape index (κ1) is 17.7. The van der Waals surface area contributed by atoms with Gasteiger partial charge < -0.3 is 15.7 Å². The van der Waals surface area contributed by atoms with E-state index in [4.69, 9.17) is 0 Å². The summed E-state index contributed by atoms with van der Waals surface area (Å²) in [5.74, 6) is -1.52. The molecular weight excluding hydrogens is 332 g/mol. The average Bonchev–Trinajstić information content (AvgIpc) is 3.01. The summed E-state index contributed by atoms with van der Waals surface area (Å²) in [7, 11) is 1.54. The molecule has 3 N–H and O–H groups in total. The molecule has 6 nitrogen and oxygen atoms in total. The normalized spacial score (nSPS) is 14.3. The molecule has 0 spiro atoms. The minimum atomic E-state index is -1.12. The van der Waals surface area contributed by atoms with E-state index >= 15 is 0 Å². The molecule has 0 atom stereocenters. The molecule has 3 rings (SSSR count). The van der Waals surface area contributed by atoms with Gasteiger partial charge in [0.25, 0.3) is 5.91 Å². The Kier molecular flexibility index (Phi) is 4.75. The van der Waals surface area contributed by atoms with E-state index in [2.05, 4.69) is 10.6 Å². The number of carboxylic acid groups (broad SMARTS) is 1. The van der Waals surface area contributed by atoms with Gasteiger partial charge in [0.1, 0.15) is 0 Å². The van der Waals surface area contributed by atoms with Gasteiger partial charge in [0.15, 0.2) is 0 Å². The van der Waals surface area contributed by atoms with Crippen molar-refractivity contribution in [1.82, 2.24) is 5.32 Å². The Morgan fingerprint density at radius 3 is 2.08 bits per heavy atom. The van der Waals surface area contributed by atoms with Gasteiger partial charge in [0.2, 0.25) is 5.91 Å². The number of aliphatic carboxylic acids is 1. The third-order valence-electron chi connectivity index (χ3n) is 4.79. The molecule has 1 aliphatic rings. The minimum Gasteiger partial charge on any atom is -0.481 e. The Morgan fingerprint density at radius 2 is 1.58 bits per heavy atom. The van der Waals surface area contributed by atoms with Crippen LogP contribution in [0.25, 0.3) is 0 Å². The van der Waals surface area contributed by atoms with Crippen LogP contribution in [0, 0.1) is 5.41 Å². The van der Waals surface area contributed by atoms with Gasteiger partial charge in [-0.1, -0.05) is 24.3 Å². The Balaban J connectivity index is 1.70. The second kappa shape index (κ2) is 7.00. The van der Waals surface area contributed by atoms with Crippen molar-refractivity contribution in [3.8, 4) is 0 Å². The summed E-state index contributed by atoms with van der Waals surface area (Å²) in [6, 6.07) is 14.0. The first-order valence-electron chi connectivity index (χ1n) is 8.36. The maximum Gasteiger partial charge on any atom is 0.310 e. The molecule has 2 aromatic rings. The molecule has 2 amide bonds. The van der Waals surface area contributed by atoms with Crippen LogP contribution in [0.1, 0.15) is 27.9 Å². The topological polar surface area (TPSA) is 95.5 Å². The highest BCUT2D eigenvalue weighted by molar-refractivity contribution is 5.97. The van der Waals surface area contributed by atoms with E-state index in [9.17, 15) is 19.5 Å². The molecule has 1 aliphatic carbocycles. The van der Waals surface area contributed by atoms with Crippen LogP contribution in [0.2, 0.25) is 0 Å². The lowest BCUT2D eigenvalue weighted by Crippen LogP contribution is -2.36. The van der Waals surface area contributed by atoms with Crippen molar-refractivity contribution in [2.75, 3.05) is 12.4 Å². The highest BCUT2D eigenvalue weighted by Crippen LogP contribution is 2.40. The van der Waals surface area contributed by atoms with Crippen molar-refractivity contribution in [2.45, 2.75) is 19.3 Å². The molecule has 0 fully saturated rings. The van der Waals surface area contributed by atoms with Crippen LogP contribution in [0.3, 0.4) is 0 Å². The van der Waals surface area contributed by atoms with Crippen LogP contribution in [0.5, 0.6) is 0 Å². The molecule has 134 valence electrons. The van der Waals surface area contributed by atoms with Crippen LogP contribution >= 0.6 is 0 Å². The molecule has 0 aliphatic heterocycles. The smallest absolute Gasteiger partial charge is 0.310 e. The molecule has 0 radical (unpaired) electrons. The van der Waals surface area contributed by atoms with Gasteiger partial charge >= 0.3 is 5.97 Å². The van der Waals surface area contributed by atoms with Gasteiger partial charge in [-0.2, -0.15) is 0 Å². The number of carboxylic acids is 1. The highest BCUT2D eigenvalue weighted by Gasteiger charge is 2.45. The molecule has 6 heteroatoms. The number of fused-ring (bicyclic) bond motifs is 1. The average molecular weight is 352 g/mol. The molecule has 2 aromatic carbocycles. The van der Waals surface area contributed by atoms with Gasteiger partial charge in [0, 0.05) is 24.7 Å². The van der Waals surface area contributed by atoms with Gasteiger partial charge in [-0.25, -0.2) is 0 Å². The number of amides is 2. The van der Waals surface area contributed by atoms with Crippen molar-refractivity contribution in [3.05, 3.63) is 65.2 Å². The summed E-state index contributed by atoms with van der Waals surface area (Å²) in [6.07, 6.45) is 0.595. The van der Waals surface area contributed by atoms with Gasteiger partial charge in [-0.05, 0) is 48.2 Å². The number of carbonyl (C=O) groups excluding carboxylic acids is 2. The minimum absolute atomic E-state index is 0.103. The van der Waals surface area contributed by atoms with Crippen molar-refractivity contribution in [2.24, 2.45) is 5.41 Å². The first-order chi connectivity index (χ1) is 12.4. The Hall–Kier alpha value is -3.15. The fourth-order valence-corrected chi connectivity index (χ4v) is 3.41. The van der Waals surface area contributed by atoms with Crippen LogP contribution < -0.4 is 10.6 Å². The maximum atomic E-state index is 12.5. The second-order valence-electron chi connectivity index (χ2n) is 6.59. The third-order valence-corrected chi connectivity index (χ3v) is 4.79. The van der Waals surface area contributed by atoms with Crippen LogP contribution in [0.15, 0.2) is 48.5 Å². The van der Waals surface area contributed by atoms with Gasteiger partial charge in [-0.15, -0.1) is 0 Å². The van der Waals surface area contributed by atoms with Crippen LogP contribution in [0.4, 0.5) is 5.69 Å². The number of anilines is 1. The second-order valence-corrected chi connectivity index (χ2v) is 6.59. The molecule has 26 heavy (non-hydrogen) atoms. The fourth-order valence-electron chi connectivity index (χ4n) is 3.41. The van der Waals surface area contributed by atoms with E-state index in [1.165, 1.54) is 0 Å². The predicted octanol–water partition coefficient (Wildman–Crippen LogP) is 2.24. The van der Waals surface area contributed by atoms with Crippen molar-refractivity contribution >= 4 is 23.5 Å². The first-order valence-corrected chi connectivity index (χ1v) is 8.36.